The third-order valence-corrected chi connectivity index (χ3v) is 4.90. The Labute approximate surface area is 124 Å². The highest BCUT2D eigenvalue weighted by Gasteiger charge is 2.22. The summed E-state index contributed by atoms with van der Waals surface area (Å²) in [6.45, 7) is 9.20. The van der Waals surface area contributed by atoms with Crippen molar-refractivity contribution >= 4 is 22.5 Å². The lowest BCUT2D eigenvalue weighted by atomic mass is 10.1. The maximum absolute atomic E-state index is 10.6. The van der Waals surface area contributed by atoms with Crippen molar-refractivity contribution in [3.05, 3.63) is 23.4 Å². The van der Waals surface area contributed by atoms with Crippen molar-refractivity contribution in [3.8, 4) is 5.88 Å². The van der Waals surface area contributed by atoms with Gasteiger partial charge in [-0.15, -0.1) is 11.8 Å². The Kier molecular flexibility index (Phi) is 3.69. The second-order valence-electron chi connectivity index (χ2n) is 5.64. The molecule has 0 bridgehead atoms. The fraction of sp³-hybridized carbons (Fsp3) is 0.500. The smallest absolute Gasteiger partial charge is 0.200 e. The van der Waals surface area contributed by atoms with Gasteiger partial charge in [-0.2, -0.15) is 0 Å². The molecular weight excluding hydrogens is 268 g/mol. The molecule has 0 radical (unpaired) electrons. The highest BCUT2D eigenvalue weighted by atomic mass is 32.2. The molecule has 108 valence electrons. The number of benzene rings is 1. The molecule has 0 fully saturated rings. The van der Waals surface area contributed by atoms with E-state index in [1.807, 2.05) is 11.8 Å². The van der Waals surface area contributed by atoms with Crippen LogP contribution in [-0.2, 0) is 19.5 Å². The number of nitrogens with one attached hydrogen (secondary N) is 1. The molecule has 2 heterocycles. The van der Waals surface area contributed by atoms with Gasteiger partial charge in [0, 0.05) is 40.9 Å². The molecule has 1 aliphatic heterocycles. The lowest BCUT2D eigenvalue weighted by Gasteiger charge is -2.17. The molecule has 0 atom stereocenters. The SMILES string of the molecule is CCc1cc(SC(C)C)c2c(O)n3c(c2c1)CNCC3. The number of nitrogens with zero attached hydrogens (tertiary/aromatic N) is 1. The highest BCUT2D eigenvalue weighted by Crippen LogP contribution is 2.41. The van der Waals surface area contributed by atoms with Crippen molar-refractivity contribution in [1.82, 2.24) is 9.88 Å². The van der Waals surface area contributed by atoms with E-state index >= 15 is 0 Å². The van der Waals surface area contributed by atoms with Gasteiger partial charge in [-0.25, -0.2) is 0 Å². The van der Waals surface area contributed by atoms with Gasteiger partial charge in [-0.05, 0) is 24.1 Å². The minimum absolute atomic E-state index is 0.447. The summed E-state index contributed by atoms with van der Waals surface area (Å²) in [7, 11) is 0. The van der Waals surface area contributed by atoms with E-state index in [2.05, 4.69) is 42.8 Å². The first-order valence-electron chi connectivity index (χ1n) is 7.36. The van der Waals surface area contributed by atoms with Gasteiger partial charge in [0.1, 0.15) is 0 Å². The Hall–Kier alpha value is -1.13. The Balaban J connectivity index is 2.28. The number of hydrogen-bond donors (Lipinski definition) is 2. The van der Waals surface area contributed by atoms with Gasteiger partial charge >= 0.3 is 0 Å². The topological polar surface area (TPSA) is 37.2 Å². The Morgan fingerprint density at radius 1 is 1.40 bits per heavy atom. The summed E-state index contributed by atoms with van der Waals surface area (Å²) in [4.78, 5) is 1.22. The van der Waals surface area contributed by atoms with Crippen LogP contribution in [0.15, 0.2) is 17.0 Å². The van der Waals surface area contributed by atoms with Crippen molar-refractivity contribution in [2.45, 2.75) is 50.4 Å². The highest BCUT2D eigenvalue weighted by molar-refractivity contribution is 8.00. The number of fused-ring (bicyclic) bond motifs is 3. The second-order valence-corrected chi connectivity index (χ2v) is 7.25. The number of thioether (sulfide) groups is 1. The molecule has 0 saturated heterocycles. The van der Waals surface area contributed by atoms with Crippen LogP contribution in [0.3, 0.4) is 0 Å². The summed E-state index contributed by atoms with van der Waals surface area (Å²) < 4.78 is 2.07. The first-order chi connectivity index (χ1) is 9.61. The number of aryl methyl sites for hydroxylation is 1. The molecule has 2 aromatic rings. The van der Waals surface area contributed by atoms with Gasteiger partial charge in [-0.3, -0.25) is 0 Å². The van der Waals surface area contributed by atoms with Crippen LogP contribution in [0.5, 0.6) is 5.88 Å². The van der Waals surface area contributed by atoms with Crippen LogP contribution in [-0.4, -0.2) is 21.5 Å². The van der Waals surface area contributed by atoms with Gasteiger partial charge in [0.2, 0.25) is 5.88 Å². The summed E-state index contributed by atoms with van der Waals surface area (Å²) in [5.41, 5.74) is 2.57. The van der Waals surface area contributed by atoms with E-state index in [4.69, 9.17) is 0 Å². The molecule has 0 unspecified atom stereocenters. The van der Waals surface area contributed by atoms with Crippen molar-refractivity contribution < 1.29 is 5.11 Å². The van der Waals surface area contributed by atoms with Crippen LogP contribution < -0.4 is 5.32 Å². The molecule has 0 amide bonds. The maximum Gasteiger partial charge on any atom is 0.200 e. The first-order valence-corrected chi connectivity index (χ1v) is 8.24. The lowest BCUT2D eigenvalue weighted by molar-refractivity contribution is 0.396. The number of rotatable bonds is 3. The van der Waals surface area contributed by atoms with Crippen LogP contribution in [0.1, 0.15) is 32.0 Å². The fourth-order valence-corrected chi connectivity index (χ4v) is 3.97. The maximum atomic E-state index is 10.6. The van der Waals surface area contributed by atoms with E-state index in [1.54, 1.807) is 0 Å². The van der Waals surface area contributed by atoms with Gasteiger partial charge in [-0.1, -0.05) is 20.8 Å². The number of aromatic nitrogens is 1. The summed E-state index contributed by atoms with van der Waals surface area (Å²) in [5.74, 6) is 0.447. The zero-order chi connectivity index (χ0) is 14.3. The van der Waals surface area contributed by atoms with Crippen LogP contribution in [0.4, 0.5) is 0 Å². The average molecular weight is 290 g/mol. The van der Waals surface area contributed by atoms with Crippen LogP contribution in [0, 0.1) is 0 Å². The molecular formula is C16H22N2OS. The summed E-state index contributed by atoms with van der Waals surface area (Å²) in [6, 6.07) is 4.49. The minimum atomic E-state index is 0.447. The zero-order valence-electron chi connectivity index (χ0n) is 12.4. The van der Waals surface area contributed by atoms with Crippen molar-refractivity contribution in [2.75, 3.05) is 6.54 Å². The van der Waals surface area contributed by atoms with Gasteiger partial charge in [0.15, 0.2) is 0 Å². The van der Waals surface area contributed by atoms with E-state index in [-0.39, 0.29) is 0 Å². The summed E-state index contributed by atoms with van der Waals surface area (Å²) in [5, 5.41) is 16.8. The Bertz CT molecular complexity index is 646. The molecule has 1 aromatic carbocycles. The van der Waals surface area contributed by atoms with E-state index in [0.717, 1.165) is 31.4 Å². The molecule has 1 aliphatic rings. The molecule has 1 aromatic heterocycles. The third kappa shape index (κ3) is 2.21. The Morgan fingerprint density at radius 2 is 2.20 bits per heavy atom. The van der Waals surface area contributed by atoms with Crippen molar-refractivity contribution in [1.29, 1.82) is 0 Å². The quantitative estimate of drug-likeness (QED) is 0.849. The summed E-state index contributed by atoms with van der Waals surface area (Å²) in [6.07, 6.45) is 1.03. The van der Waals surface area contributed by atoms with E-state index in [1.165, 1.54) is 21.5 Å². The summed E-state index contributed by atoms with van der Waals surface area (Å²) >= 11 is 1.84. The zero-order valence-corrected chi connectivity index (χ0v) is 13.2. The van der Waals surface area contributed by atoms with E-state index in [9.17, 15) is 5.11 Å². The molecule has 0 spiro atoms. The van der Waals surface area contributed by atoms with Crippen LogP contribution in [0.2, 0.25) is 0 Å². The molecule has 3 rings (SSSR count). The normalized spacial score (nSPS) is 15.0. The van der Waals surface area contributed by atoms with Gasteiger partial charge in [0.25, 0.3) is 0 Å². The predicted octanol–water partition coefficient (Wildman–Crippen LogP) is 3.51. The number of hydrogen-bond acceptors (Lipinski definition) is 3. The standard InChI is InChI=1S/C16H22N2OS/c1-4-11-7-12-13-9-17-5-6-18(13)16(19)15(12)14(8-11)20-10(2)3/h7-8,10,17,19H,4-6,9H2,1-3H3. The molecule has 0 saturated carbocycles. The average Bonchev–Trinajstić information content (AvgIpc) is 2.72. The molecule has 0 aliphatic carbocycles. The van der Waals surface area contributed by atoms with Gasteiger partial charge in [0.05, 0.1) is 5.39 Å². The lowest BCUT2D eigenvalue weighted by Crippen LogP contribution is -2.27. The van der Waals surface area contributed by atoms with Crippen LogP contribution >= 0.6 is 11.8 Å². The number of aromatic hydroxyl groups is 1. The largest absolute Gasteiger partial charge is 0.494 e. The van der Waals surface area contributed by atoms with Crippen molar-refractivity contribution in [3.63, 3.8) is 0 Å². The monoisotopic (exact) mass is 290 g/mol. The molecule has 2 N–H and O–H groups in total. The third-order valence-electron chi connectivity index (χ3n) is 3.85. The minimum Gasteiger partial charge on any atom is -0.494 e. The first kappa shape index (κ1) is 13.8. The molecule has 3 nitrogen and oxygen atoms in total. The van der Waals surface area contributed by atoms with Gasteiger partial charge < -0.3 is 15.0 Å². The van der Waals surface area contributed by atoms with E-state index < -0.39 is 0 Å². The van der Waals surface area contributed by atoms with Crippen LogP contribution in [0.25, 0.3) is 10.8 Å². The Morgan fingerprint density at radius 3 is 2.90 bits per heavy atom. The predicted molar refractivity (Wildman–Crippen MR) is 85.7 cm³/mol. The molecule has 20 heavy (non-hydrogen) atoms. The van der Waals surface area contributed by atoms with Crippen molar-refractivity contribution in [2.24, 2.45) is 0 Å². The van der Waals surface area contributed by atoms with E-state index in [0.29, 0.717) is 11.1 Å². The molecule has 4 heteroatoms. The second kappa shape index (κ2) is 5.34. The fourth-order valence-electron chi connectivity index (χ4n) is 2.92.